The molecular weight excluding hydrogens is 384 g/mol. The first-order valence-corrected chi connectivity index (χ1v) is 12.2. The maximum atomic E-state index is 4.71. The molecule has 0 saturated heterocycles. The average molecular weight is 421 g/mol. The Labute approximate surface area is 196 Å². The fraction of sp³-hybridized carbons (Fsp3) is 0.414. The van der Waals surface area contributed by atoms with Crippen molar-refractivity contribution in [1.29, 1.82) is 0 Å². The Morgan fingerprint density at radius 1 is 0.875 bits per heavy atom. The lowest BCUT2D eigenvalue weighted by atomic mass is 9.39. The molecular formula is C29H37B2N. The summed E-state index contributed by atoms with van der Waals surface area (Å²) in [5.41, 5.74) is 6.69. The van der Waals surface area contributed by atoms with E-state index in [1.807, 2.05) is 12.3 Å². The topological polar surface area (TPSA) is 12.9 Å². The molecule has 0 N–H and O–H groups in total. The number of aromatic nitrogens is 1. The summed E-state index contributed by atoms with van der Waals surface area (Å²) in [4.78, 5) is 4.71. The van der Waals surface area contributed by atoms with Crippen LogP contribution < -0.4 is 0 Å². The van der Waals surface area contributed by atoms with E-state index < -0.39 is 0 Å². The summed E-state index contributed by atoms with van der Waals surface area (Å²) in [6.07, 6.45) is 4.66. The first kappa shape index (κ1) is 22.9. The standard InChI is InChI=1S/C29H37B2N/c1-20-17-18-28(5,27(20,3)4)21(2)29(30,31)25-14-11-22(12-15-25)24-13-16-26(32-19-24)23-9-7-6-8-10-23/h6-16,19-21H,17-18,30-31H2,1-5H3. The van der Waals surface area contributed by atoms with Gasteiger partial charge in [0, 0.05) is 17.3 Å². The number of hydrogen-bond acceptors (Lipinski definition) is 1. The van der Waals surface area contributed by atoms with E-state index in [0.29, 0.717) is 16.7 Å². The van der Waals surface area contributed by atoms with Crippen LogP contribution in [0.1, 0.15) is 53.0 Å². The number of hydrogen-bond donors (Lipinski definition) is 0. The van der Waals surface area contributed by atoms with Crippen molar-refractivity contribution in [3.63, 3.8) is 0 Å². The molecule has 1 aliphatic rings. The second kappa shape index (κ2) is 8.25. The molecule has 0 radical (unpaired) electrons. The van der Waals surface area contributed by atoms with Gasteiger partial charge in [0.15, 0.2) is 0 Å². The van der Waals surface area contributed by atoms with Crippen molar-refractivity contribution in [3.05, 3.63) is 78.5 Å². The van der Waals surface area contributed by atoms with E-state index in [1.54, 1.807) is 0 Å². The van der Waals surface area contributed by atoms with Crippen LogP contribution in [-0.2, 0) is 5.21 Å². The molecule has 164 valence electrons. The monoisotopic (exact) mass is 421 g/mol. The molecule has 1 aliphatic carbocycles. The molecule has 0 spiro atoms. The second-order valence-corrected chi connectivity index (χ2v) is 11.4. The van der Waals surface area contributed by atoms with Gasteiger partial charge in [0.25, 0.3) is 0 Å². The summed E-state index contributed by atoms with van der Waals surface area (Å²) < 4.78 is 0. The highest BCUT2D eigenvalue weighted by Crippen LogP contribution is 2.61. The van der Waals surface area contributed by atoms with Gasteiger partial charge in [-0.3, -0.25) is 4.98 Å². The quantitative estimate of drug-likeness (QED) is 0.465. The fourth-order valence-corrected chi connectivity index (χ4v) is 6.02. The van der Waals surface area contributed by atoms with Crippen molar-refractivity contribution in [2.24, 2.45) is 22.7 Å². The Hall–Kier alpha value is -2.28. The molecule has 1 aromatic heterocycles. The van der Waals surface area contributed by atoms with Crippen LogP contribution in [-0.4, -0.2) is 20.7 Å². The summed E-state index contributed by atoms with van der Waals surface area (Å²) in [5.74, 6) is 1.37. The molecule has 1 saturated carbocycles. The van der Waals surface area contributed by atoms with Crippen LogP contribution in [0.3, 0.4) is 0 Å². The van der Waals surface area contributed by atoms with E-state index in [9.17, 15) is 0 Å². The van der Waals surface area contributed by atoms with Crippen LogP contribution in [0.2, 0.25) is 0 Å². The predicted octanol–water partition coefficient (Wildman–Crippen LogP) is 5.93. The van der Waals surface area contributed by atoms with Crippen molar-refractivity contribution in [3.8, 4) is 22.4 Å². The van der Waals surface area contributed by atoms with Gasteiger partial charge >= 0.3 is 0 Å². The maximum absolute atomic E-state index is 4.71. The first-order chi connectivity index (χ1) is 15.1. The van der Waals surface area contributed by atoms with Gasteiger partial charge < -0.3 is 0 Å². The molecule has 4 rings (SSSR count). The third-order valence-corrected chi connectivity index (χ3v) is 9.63. The fourth-order valence-electron chi connectivity index (χ4n) is 6.02. The Bertz CT molecular complexity index is 1050. The Morgan fingerprint density at radius 3 is 2.03 bits per heavy atom. The van der Waals surface area contributed by atoms with Crippen molar-refractivity contribution < 1.29 is 0 Å². The van der Waals surface area contributed by atoms with Crippen LogP contribution >= 0.6 is 0 Å². The zero-order valence-electron chi connectivity index (χ0n) is 20.9. The Balaban J connectivity index is 1.57. The van der Waals surface area contributed by atoms with Gasteiger partial charge in [-0.25, -0.2) is 0 Å². The minimum Gasteiger partial charge on any atom is -0.256 e. The van der Waals surface area contributed by atoms with E-state index in [0.717, 1.165) is 17.2 Å². The summed E-state index contributed by atoms with van der Waals surface area (Å²) in [5, 5.41) is 0.115. The van der Waals surface area contributed by atoms with Crippen molar-refractivity contribution in [2.75, 3.05) is 0 Å². The minimum absolute atomic E-state index is 0.115. The van der Waals surface area contributed by atoms with Gasteiger partial charge in [0.1, 0.15) is 15.7 Å². The molecule has 0 amide bonds. The van der Waals surface area contributed by atoms with Crippen LogP contribution in [0.25, 0.3) is 22.4 Å². The molecule has 3 heteroatoms. The third-order valence-electron chi connectivity index (χ3n) is 9.63. The summed E-state index contributed by atoms with van der Waals surface area (Å²) in [6.45, 7) is 12.5. The predicted molar refractivity (Wildman–Crippen MR) is 143 cm³/mol. The lowest BCUT2D eigenvalue weighted by Gasteiger charge is -2.51. The van der Waals surface area contributed by atoms with Crippen LogP contribution in [0.15, 0.2) is 72.9 Å². The van der Waals surface area contributed by atoms with E-state index in [-0.39, 0.29) is 5.21 Å². The van der Waals surface area contributed by atoms with E-state index in [2.05, 4.69) is 111 Å². The maximum Gasteiger partial charge on any atom is 0.105 e. The minimum atomic E-state index is 0.115. The van der Waals surface area contributed by atoms with Gasteiger partial charge in [-0.1, -0.05) is 106 Å². The zero-order chi connectivity index (χ0) is 23.1. The molecule has 1 nitrogen and oxygen atoms in total. The first-order valence-electron chi connectivity index (χ1n) is 12.2. The summed E-state index contributed by atoms with van der Waals surface area (Å²) in [7, 11) is 4.88. The van der Waals surface area contributed by atoms with Gasteiger partial charge in [-0.15, -0.1) is 0 Å². The number of pyridine rings is 1. The smallest absolute Gasteiger partial charge is 0.105 e. The highest BCUT2D eigenvalue weighted by atomic mass is 14.7. The Kier molecular flexibility index (Phi) is 5.90. The third kappa shape index (κ3) is 3.74. The van der Waals surface area contributed by atoms with Crippen LogP contribution in [0.5, 0.6) is 0 Å². The molecule has 3 atom stereocenters. The highest BCUT2D eigenvalue weighted by Gasteiger charge is 2.55. The average Bonchev–Trinajstić information content (AvgIpc) is 3.02. The highest BCUT2D eigenvalue weighted by molar-refractivity contribution is 6.40. The number of rotatable bonds is 5. The van der Waals surface area contributed by atoms with E-state index >= 15 is 0 Å². The van der Waals surface area contributed by atoms with Gasteiger partial charge in [0.05, 0.1) is 5.69 Å². The lowest BCUT2D eigenvalue weighted by molar-refractivity contribution is 0.0299. The largest absolute Gasteiger partial charge is 0.256 e. The van der Waals surface area contributed by atoms with Gasteiger partial charge in [-0.05, 0) is 47.1 Å². The van der Waals surface area contributed by atoms with Crippen molar-refractivity contribution in [2.45, 2.75) is 52.7 Å². The molecule has 1 fully saturated rings. The molecule has 1 heterocycles. The second-order valence-electron chi connectivity index (χ2n) is 11.4. The molecule has 2 aromatic carbocycles. The summed E-state index contributed by atoms with van der Waals surface area (Å²) >= 11 is 0. The van der Waals surface area contributed by atoms with Crippen LogP contribution in [0.4, 0.5) is 0 Å². The molecule has 0 bridgehead atoms. The molecule has 3 unspecified atom stereocenters. The van der Waals surface area contributed by atoms with Crippen LogP contribution in [0, 0.1) is 22.7 Å². The lowest BCUT2D eigenvalue weighted by Crippen LogP contribution is -2.49. The SMILES string of the molecule is BC(B)(c1ccc(-c2ccc(-c3ccccc3)nc2)cc1)C(C)C1(C)CCC(C)C1(C)C. The van der Waals surface area contributed by atoms with Crippen molar-refractivity contribution >= 4 is 15.7 Å². The van der Waals surface area contributed by atoms with Crippen molar-refractivity contribution in [1.82, 2.24) is 4.98 Å². The molecule has 3 aromatic rings. The Morgan fingerprint density at radius 2 is 1.50 bits per heavy atom. The number of nitrogens with zero attached hydrogens (tertiary/aromatic N) is 1. The van der Waals surface area contributed by atoms with E-state index in [1.165, 1.54) is 29.5 Å². The molecule has 32 heavy (non-hydrogen) atoms. The number of benzene rings is 2. The summed E-state index contributed by atoms with van der Waals surface area (Å²) in [6, 6.07) is 23.9. The van der Waals surface area contributed by atoms with Gasteiger partial charge in [0.2, 0.25) is 0 Å². The van der Waals surface area contributed by atoms with E-state index in [4.69, 9.17) is 4.98 Å². The zero-order valence-corrected chi connectivity index (χ0v) is 20.9. The molecule has 0 aliphatic heterocycles. The van der Waals surface area contributed by atoms with Gasteiger partial charge in [-0.2, -0.15) is 0 Å². The normalized spacial score (nSPS) is 23.7.